The summed E-state index contributed by atoms with van der Waals surface area (Å²) in [7, 11) is 5.24. The first kappa shape index (κ1) is 43.9. The van der Waals surface area contributed by atoms with Gasteiger partial charge in [0, 0.05) is 44.1 Å². The summed E-state index contributed by atoms with van der Waals surface area (Å²) in [5.41, 5.74) is -1.06. The van der Waals surface area contributed by atoms with Crippen molar-refractivity contribution in [2.45, 2.75) is 148 Å². The number of aliphatic hydroxyl groups excluding tert-OH is 1. The van der Waals surface area contributed by atoms with Gasteiger partial charge in [-0.3, -0.25) is 14.4 Å². The molecule has 2 saturated heterocycles. The number of benzene rings is 1. The number of ether oxygens (including phenoxy) is 5. The van der Waals surface area contributed by atoms with E-state index in [0.29, 0.717) is 19.4 Å². The summed E-state index contributed by atoms with van der Waals surface area (Å²) in [6.45, 7) is 14.6. The summed E-state index contributed by atoms with van der Waals surface area (Å²) in [6, 6.07) is 7.66. The zero-order valence-electron chi connectivity index (χ0n) is 34.2. The van der Waals surface area contributed by atoms with Crippen LogP contribution >= 0.6 is 0 Å². The molecule has 1 aromatic carbocycles. The maximum atomic E-state index is 14.4. The SMILES string of the molecule is CC[C@@H]1OC(=O)[C@H](C)C(=O)[C@H](C)[C@@H](O[C@@H]2O[C@H](C)C[C@H](N(C)C)[C@H]2O)[C@@](C)(OC)C[C@@H](C)C(=O)[C@@H](C)C(OCCCCn2cnc3ccccc32)[C@]1(C)O. The van der Waals surface area contributed by atoms with E-state index < -0.39 is 77.3 Å². The van der Waals surface area contributed by atoms with Crippen molar-refractivity contribution < 1.29 is 48.3 Å². The van der Waals surface area contributed by atoms with E-state index in [0.717, 1.165) is 17.5 Å². The molecular weight excluding hydrogens is 694 g/mol. The van der Waals surface area contributed by atoms with Crippen LogP contribution < -0.4 is 0 Å². The number of fused-ring (bicyclic) bond motifs is 1. The van der Waals surface area contributed by atoms with Gasteiger partial charge in [0.05, 0.1) is 41.3 Å². The van der Waals surface area contributed by atoms with Gasteiger partial charge in [-0.2, -0.15) is 0 Å². The highest BCUT2D eigenvalue weighted by atomic mass is 16.7. The van der Waals surface area contributed by atoms with Crippen molar-refractivity contribution in [3.05, 3.63) is 30.6 Å². The van der Waals surface area contributed by atoms with Gasteiger partial charge in [-0.25, -0.2) is 4.98 Å². The topological polar surface area (TPSA) is 159 Å². The second-order valence-electron chi connectivity index (χ2n) is 16.3. The van der Waals surface area contributed by atoms with Gasteiger partial charge in [-0.05, 0) is 86.0 Å². The number of Topliss-reactive ketones (excluding diaryl/α,β-unsaturated/α-hetero) is 2. The maximum absolute atomic E-state index is 14.4. The van der Waals surface area contributed by atoms with E-state index in [1.54, 1.807) is 34.6 Å². The Morgan fingerprint density at radius 1 is 1.00 bits per heavy atom. The van der Waals surface area contributed by atoms with E-state index >= 15 is 0 Å². The minimum Gasteiger partial charge on any atom is -0.459 e. The van der Waals surface area contributed by atoms with Gasteiger partial charge >= 0.3 is 5.97 Å². The molecule has 2 aliphatic rings. The maximum Gasteiger partial charge on any atom is 0.316 e. The van der Waals surface area contributed by atoms with Crippen LogP contribution in [-0.2, 0) is 44.6 Å². The van der Waals surface area contributed by atoms with Crippen LogP contribution in [-0.4, -0.2) is 124 Å². The Balaban J connectivity index is 1.63. The fraction of sp³-hybridized carbons (Fsp3) is 0.756. The lowest BCUT2D eigenvalue weighted by atomic mass is 9.74. The van der Waals surface area contributed by atoms with E-state index in [9.17, 15) is 24.6 Å². The lowest BCUT2D eigenvalue weighted by Crippen LogP contribution is -2.60. The molecular formula is C41H65N3O10. The summed E-state index contributed by atoms with van der Waals surface area (Å²) in [4.78, 5) is 48.7. The molecule has 304 valence electrons. The number of carbonyl (C=O) groups is 3. The van der Waals surface area contributed by atoms with E-state index in [2.05, 4.69) is 9.55 Å². The smallest absolute Gasteiger partial charge is 0.316 e. The average Bonchev–Trinajstić information content (AvgIpc) is 3.55. The van der Waals surface area contributed by atoms with Crippen LogP contribution in [0.4, 0.5) is 0 Å². The monoisotopic (exact) mass is 759 g/mol. The lowest BCUT2D eigenvalue weighted by Gasteiger charge is -2.47. The summed E-state index contributed by atoms with van der Waals surface area (Å²) in [6.07, 6.45) is -1.39. The first-order valence-electron chi connectivity index (χ1n) is 19.6. The normalized spacial score (nSPS) is 37.7. The second-order valence-corrected chi connectivity index (χ2v) is 16.3. The van der Waals surface area contributed by atoms with Crippen LogP contribution in [0, 0.1) is 23.7 Å². The number of cyclic esters (lactones) is 1. The number of nitrogens with zero attached hydrogens (tertiary/aromatic N) is 3. The fourth-order valence-electron chi connectivity index (χ4n) is 8.52. The van der Waals surface area contributed by atoms with Crippen molar-refractivity contribution in [1.82, 2.24) is 14.5 Å². The number of aliphatic hydroxyl groups is 2. The first-order valence-corrected chi connectivity index (χ1v) is 19.6. The Morgan fingerprint density at radius 2 is 1.67 bits per heavy atom. The molecule has 3 heterocycles. The molecule has 0 spiro atoms. The molecule has 13 nitrogen and oxygen atoms in total. The molecule has 2 aliphatic heterocycles. The molecule has 0 aliphatic carbocycles. The predicted molar refractivity (Wildman–Crippen MR) is 204 cm³/mol. The number of para-hydroxylation sites is 2. The number of hydrogen-bond acceptors (Lipinski definition) is 12. The molecule has 2 N–H and O–H groups in total. The predicted octanol–water partition coefficient (Wildman–Crippen LogP) is 4.58. The third kappa shape index (κ3) is 9.59. The molecule has 0 radical (unpaired) electrons. The number of unbranched alkanes of at least 4 members (excludes halogenated alkanes) is 1. The third-order valence-corrected chi connectivity index (χ3v) is 11.9. The van der Waals surface area contributed by atoms with E-state index in [1.165, 1.54) is 21.0 Å². The van der Waals surface area contributed by atoms with Gasteiger partial charge in [0.15, 0.2) is 12.1 Å². The van der Waals surface area contributed by atoms with Crippen LogP contribution in [0.15, 0.2) is 30.6 Å². The number of rotatable bonds is 11. The molecule has 2 fully saturated rings. The minimum atomic E-state index is -1.78. The minimum absolute atomic E-state index is 0.133. The molecule has 13 heteroatoms. The van der Waals surface area contributed by atoms with Gasteiger partial charge in [0.25, 0.3) is 0 Å². The molecule has 1 unspecified atom stereocenters. The average molecular weight is 760 g/mol. The molecule has 4 rings (SSSR count). The van der Waals surface area contributed by atoms with Crippen LogP contribution in [0.2, 0.25) is 0 Å². The van der Waals surface area contributed by atoms with Gasteiger partial charge < -0.3 is 43.4 Å². The largest absolute Gasteiger partial charge is 0.459 e. The summed E-state index contributed by atoms with van der Waals surface area (Å²) in [5, 5.41) is 23.6. The van der Waals surface area contributed by atoms with E-state index in [-0.39, 0.29) is 37.4 Å². The van der Waals surface area contributed by atoms with Crippen molar-refractivity contribution in [1.29, 1.82) is 0 Å². The summed E-state index contributed by atoms with van der Waals surface area (Å²) in [5.74, 6) is -5.07. The summed E-state index contributed by atoms with van der Waals surface area (Å²) >= 11 is 0. The number of methoxy groups -OCH3 is 1. The van der Waals surface area contributed by atoms with Crippen molar-refractivity contribution in [2.75, 3.05) is 27.8 Å². The van der Waals surface area contributed by atoms with Gasteiger partial charge in [-0.1, -0.05) is 39.8 Å². The zero-order valence-corrected chi connectivity index (χ0v) is 34.2. The Morgan fingerprint density at radius 3 is 2.31 bits per heavy atom. The molecule has 1 aromatic heterocycles. The zero-order chi connectivity index (χ0) is 40.1. The Labute approximate surface area is 321 Å². The first-order chi connectivity index (χ1) is 25.4. The Kier molecular flexibility index (Phi) is 15.0. The van der Waals surface area contributed by atoms with E-state index in [4.69, 9.17) is 23.7 Å². The van der Waals surface area contributed by atoms with Gasteiger partial charge in [0.2, 0.25) is 0 Å². The lowest BCUT2D eigenvalue weighted by molar-refractivity contribution is -0.295. The van der Waals surface area contributed by atoms with Crippen LogP contribution in [0.1, 0.15) is 87.5 Å². The Hall–Kier alpha value is -2.78. The number of hydrogen-bond donors (Lipinski definition) is 2. The highest BCUT2D eigenvalue weighted by Crippen LogP contribution is 2.39. The molecule has 13 atom stereocenters. The molecule has 54 heavy (non-hydrogen) atoms. The molecule has 0 bridgehead atoms. The van der Waals surface area contributed by atoms with Crippen molar-refractivity contribution >= 4 is 28.6 Å². The van der Waals surface area contributed by atoms with Gasteiger partial charge in [-0.15, -0.1) is 0 Å². The van der Waals surface area contributed by atoms with Crippen LogP contribution in [0.5, 0.6) is 0 Å². The molecule has 0 saturated carbocycles. The van der Waals surface area contributed by atoms with Crippen molar-refractivity contribution in [3.8, 4) is 0 Å². The number of aromatic nitrogens is 2. The van der Waals surface area contributed by atoms with Crippen LogP contribution in [0.25, 0.3) is 11.0 Å². The summed E-state index contributed by atoms with van der Waals surface area (Å²) < 4.78 is 33.3. The van der Waals surface area contributed by atoms with E-state index in [1.807, 2.05) is 56.5 Å². The van der Waals surface area contributed by atoms with Crippen LogP contribution in [0.3, 0.4) is 0 Å². The Bertz CT molecular complexity index is 1560. The number of ketones is 2. The number of imidazole rings is 1. The van der Waals surface area contributed by atoms with Crippen molar-refractivity contribution in [3.63, 3.8) is 0 Å². The molecule has 2 aromatic rings. The standard InChI is InChI=1S/C41H65N3O10/c1-12-32-41(8,49)37(51-20-16-15-19-44-23-42-29-17-13-14-18-30(29)44)26(4)33(45)24(2)22-40(7,50-11)36(27(5)34(46)28(6)38(48)53-32)54-39-35(47)31(43(9)10)21-25(3)52-39/h13-14,17-18,23-28,31-32,35-37,39,47,49H,12,15-16,19-22H2,1-11H3/t24-,25-,26-,27+,28-,31+,32+,35-,36-,37?,39+,40+,41-/m1/s1. The highest BCUT2D eigenvalue weighted by Gasteiger charge is 2.52. The number of aryl methyl sites for hydroxylation is 1. The second kappa shape index (κ2) is 18.4. The highest BCUT2D eigenvalue weighted by molar-refractivity contribution is 6.00. The number of esters is 1. The van der Waals surface area contributed by atoms with Gasteiger partial charge in [0.1, 0.15) is 29.5 Å². The number of likely N-dealkylation sites (N-methyl/N-ethyl adjacent to an activating group) is 1. The number of carbonyl (C=O) groups excluding carboxylic acids is 3. The molecule has 0 amide bonds. The van der Waals surface area contributed by atoms with Crippen molar-refractivity contribution in [2.24, 2.45) is 23.7 Å². The third-order valence-electron chi connectivity index (χ3n) is 11.9. The fourth-order valence-corrected chi connectivity index (χ4v) is 8.52. The quantitative estimate of drug-likeness (QED) is 0.187.